The van der Waals surface area contributed by atoms with E-state index in [4.69, 9.17) is 4.42 Å². The Balaban J connectivity index is 1.10. The molecule has 12 rings (SSSR count). The molecular weight excluding hydrogens is 689 g/mol. The third-order valence-corrected chi connectivity index (χ3v) is 12.4. The summed E-state index contributed by atoms with van der Waals surface area (Å²) in [5.74, 6) is 0. The van der Waals surface area contributed by atoms with E-state index in [1.165, 1.54) is 93.2 Å². The minimum atomic E-state index is 0.895. The molecule has 0 bridgehead atoms. The summed E-state index contributed by atoms with van der Waals surface area (Å²) in [4.78, 5) is 0. The van der Waals surface area contributed by atoms with E-state index in [2.05, 4.69) is 194 Å². The Kier molecular flexibility index (Phi) is 7.12. The topological polar surface area (TPSA) is 13.1 Å². The van der Waals surface area contributed by atoms with Crippen LogP contribution in [0.4, 0.5) is 0 Å². The third-order valence-electron chi connectivity index (χ3n) is 12.4. The molecule has 10 aromatic carbocycles. The zero-order chi connectivity index (χ0) is 37.5. The molecule has 0 spiro atoms. The van der Waals surface area contributed by atoms with Gasteiger partial charge in [-0.1, -0.05) is 176 Å². The number of rotatable bonds is 4. The molecule has 0 amide bonds. The van der Waals surface area contributed by atoms with Crippen molar-refractivity contribution in [3.8, 4) is 33.4 Å². The van der Waals surface area contributed by atoms with Crippen LogP contribution in [0.2, 0.25) is 0 Å². The molecule has 1 nitrogen and oxygen atoms in total. The van der Waals surface area contributed by atoms with Gasteiger partial charge in [0.2, 0.25) is 0 Å². The molecule has 0 aliphatic heterocycles. The van der Waals surface area contributed by atoms with E-state index < -0.39 is 0 Å². The Morgan fingerprint density at radius 1 is 0.333 bits per heavy atom. The SMILES string of the molecule is C1=C(c2c3ccccc3c(-c3cccc4oc5cc(-c6c7ccccc7c(-c7ccccc7)c7ccccc67)ccc5c34)c3ccccc23)CCc2ccccc21. The molecular formula is C56H36O. The summed E-state index contributed by atoms with van der Waals surface area (Å²) in [6.45, 7) is 0. The van der Waals surface area contributed by atoms with Crippen molar-refractivity contribution in [3.63, 3.8) is 0 Å². The van der Waals surface area contributed by atoms with E-state index >= 15 is 0 Å². The highest BCUT2D eigenvalue weighted by Crippen LogP contribution is 2.49. The summed E-state index contributed by atoms with van der Waals surface area (Å²) in [6.07, 6.45) is 4.50. The van der Waals surface area contributed by atoms with Gasteiger partial charge in [0, 0.05) is 10.8 Å². The fourth-order valence-corrected chi connectivity index (χ4v) is 9.94. The first kappa shape index (κ1) is 32.1. The van der Waals surface area contributed by atoms with Crippen molar-refractivity contribution in [1.29, 1.82) is 0 Å². The molecule has 1 aliphatic carbocycles. The molecule has 0 radical (unpaired) electrons. The first-order chi connectivity index (χ1) is 28.3. The van der Waals surface area contributed by atoms with Gasteiger partial charge < -0.3 is 4.42 Å². The maximum absolute atomic E-state index is 6.86. The molecule has 0 fully saturated rings. The standard InChI is InChI=1S/C56H36O/c1-2-16-36(17-3-1)52-40-19-6-8-21-42(40)54(43-22-9-7-20-41(43)52)39-31-32-48-51(34-39)57-50-28-14-27-49(56(48)50)55-46-25-12-10-23-44(46)53(45-24-11-13-26-47(45)55)38-30-29-35-15-4-5-18-37(35)33-38/h1-28,31-34H,29-30H2. The Morgan fingerprint density at radius 2 is 0.860 bits per heavy atom. The molecule has 57 heavy (non-hydrogen) atoms. The molecule has 11 aromatic rings. The lowest BCUT2D eigenvalue weighted by Crippen LogP contribution is -2.01. The molecule has 1 aromatic heterocycles. The van der Waals surface area contributed by atoms with E-state index in [1.807, 2.05) is 0 Å². The van der Waals surface area contributed by atoms with Crippen LogP contribution in [0.15, 0.2) is 192 Å². The monoisotopic (exact) mass is 724 g/mol. The highest BCUT2D eigenvalue weighted by molar-refractivity contribution is 6.26. The fraction of sp³-hybridized carbons (Fsp3) is 0.0357. The lowest BCUT2D eigenvalue weighted by molar-refractivity contribution is 0.669. The molecule has 0 saturated heterocycles. The quantitative estimate of drug-likeness (QED) is 0.165. The van der Waals surface area contributed by atoms with Crippen LogP contribution in [-0.2, 0) is 6.42 Å². The van der Waals surface area contributed by atoms with Gasteiger partial charge >= 0.3 is 0 Å². The lowest BCUT2D eigenvalue weighted by Gasteiger charge is -2.22. The summed E-state index contributed by atoms with van der Waals surface area (Å²) in [7, 11) is 0. The Morgan fingerprint density at radius 3 is 1.49 bits per heavy atom. The summed E-state index contributed by atoms with van der Waals surface area (Å²) < 4.78 is 6.86. The number of fused-ring (bicyclic) bond motifs is 8. The van der Waals surface area contributed by atoms with Crippen LogP contribution < -0.4 is 0 Å². The van der Waals surface area contributed by atoms with Crippen LogP contribution in [0.3, 0.4) is 0 Å². The molecule has 0 N–H and O–H groups in total. The minimum absolute atomic E-state index is 0.895. The van der Waals surface area contributed by atoms with Crippen LogP contribution in [0.1, 0.15) is 23.1 Å². The van der Waals surface area contributed by atoms with Crippen LogP contribution in [0.5, 0.6) is 0 Å². The van der Waals surface area contributed by atoms with Crippen LogP contribution in [-0.4, -0.2) is 0 Å². The van der Waals surface area contributed by atoms with Gasteiger partial charge in [-0.15, -0.1) is 0 Å². The molecule has 1 heteroatoms. The van der Waals surface area contributed by atoms with Gasteiger partial charge in [-0.05, 0) is 130 Å². The van der Waals surface area contributed by atoms with Crippen LogP contribution in [0, 0.1) is 0 Å². The number of hydrogen-bond donors (Lipinski definition) is 0. The van der Waals surface area contributed by atoms with Gasteiger partial charge in [-0.3, -0.25) is 0 Å². The van der Waals surface area contributed by atoms with Gasteiger partial charge in [0.05, 0.1) is 0 Å². The van der Waals surface area contributed by atoms with Gasteiger partial charge in [-0.25, -0.2) is 0 Å². The summed E-state index contributed by atoms with van der Waals surface area (Å²) in [5.41, 5.74) is 14.7. The smallest absolute Gasteiger partial charge is 0.136 e. The Labute approximate surface area is 330 Å². The number of hydrogen-bond acceptors (Lipinski definition) is 1. The van der Waals surface area contributed by atoms with E-state index in [-0.39, 0.29) is 0 Å². The van der Waals surface area contributed by atoms with Crippen molar-refractivity contribution in [2.24, 2.45) is 0 Å². The maximum atomic E-state index is 6.86. The highest BCUT2D eigenvalue weighted by Gasteiger charge is 2.23. The van der Waals surface area contributed by atoms with Crippen molar-refractivity contribution in [2.45, 2.75) is 12.8 Å². The zero-order valence-electron chi connectivity index (χ0n) is 31.3. The Bertz CT molecular complexity index is 3340. The maximum Gasteiger partial charge on any atom is 0.136 e. The summed E-state index contributed by atoms with van der Waals surface area (Å²) >= 11 is 0. The lowest BCUT2D eigenvalue weighted by atomic mass is 9.81. The van der Waals surface area contributed by atoms with Gasteiger partial charge in [-0.2, -0.15) is 0 Å². The van der Waals surface area contributed by atoms with Gasteiger partial charge in [0.25, 0.3) is 0 Å². The minimum Gasteiger partial charge on any atom is -0.456 e. The molecule has 0 saturated carbocycles. The van der Waals surface area contributed by atoms with Crippen molar-refractivity contribution in [3.05, 3.63) is 205 Å². The average Bonchev–Trinajstić information content (AvgIpc) is 3.66. The van der Waals surface area contributed by atoms with E-state index in [0.29, 0.717) is 0 Å². The second-order valence-corrected chi connectivity index (χ2v) is 15.4. The van der Waals surface area contributed by atoms with Crippen molar-refractivity contribution in [2.75, 3.05) is 0 Å². The first-order valence-corrected chi connectivity index (χ1v) is 20.0. The normalized spacial score (nSPS) is 12.9. The third kappa shape index (κ3) is 4.89. The molecule has 266 valence electrons. The predicted octanol–water partition coefficient (Wildman–Crippen LogP) is 15.7. The van der Waals surface area contributed by atoms with E-state index in [9.17, 15) is 0 Å². The number of allylic oxidation sites excluding steroid dienone is 1. The van der Waals surface area contributed by atoms with E-state index in [1.54, 1.807) is 0 Å². The zero-order valence-corrected chi connectivity index (χ0v) is 31.3. The predicted molar refractivity (Wildman–Crippen MR) is 243 cm³/mol. The largest absolute Gasteiger partial charge is 0.456 e. The van der Waals surface area contributed by atoms with Crippen molar-refractivity contribution < 1.29 is 4.42 Å². The first-order valence-electron chi connectivity index (χ1n) is 20.0. The summed E-state index contributed by atoms with van der Waals surface area (Å²) in [6, 6.07) is 68.8. The Hall–Kier alpha value is -7.22. The second kappa shape index (κ2) is 12.7. The number of furan rings is 1. The van der Waals surface area contributed by atoms with Crippen molar-refractivity contribution >= 4 is 76.7 Å². The molecule has 0 unspecified atom stereocenters. The second-order valence-electron chi connectivity index (χ2n) is 15.4. The van der Waals surface area contributed by atoms with Gasteiger partial charge in [0.1, 0.15) is 11.2 Å². The molecule has 1 heterocycles. The molecule has 0 atom stereocenters. The van der Waals surface area contributed by atoms with Crippen molar-refractivity contribution in [1.82, 2.24) is 0 Å². The number of benzene rings is 10. The average molecular weight is 725 g/mol. The molecule has 1 aliphatic rings. The van der Waals surface area contributed by atoms with E-state index in [0.717, 1.165) is 40.3 Å². The summed E-state index contributed by atoms with van der Waals surface area (Å²) in [5, 5.41) is 12.4. The van der Waals surface area contributed by atoms with Gasteiger partial charge in [0.15, 0.2) is 0 Å². The number of aryl methyl sites for hydroxylation is 1. The fourth-order valence-electron chi connectivity index (χ4n) is 9.94. The van der Waals surface area contributed by atoms with Crippen LogP contribution in [0.25, 0.3) is 110 Å². The highest BCUT2D eigenvalue weighted by atomic mass is 16.3. The van der Waals surface area contributed by atoms with Crippen LogP contribution >= 0.6 is 0 Å².